The maximum atomic E-state index is 11.3. The molecule has 84 valence electrons. The molecule has 15 heavy (non-hydrogen) atoms. The van der Waals surface area contributed by atoms with Crippen LogP contribution in [0.25, 0.3) is 0 Å². The second-order valence-electron chi connectivity index (χ2n) is 3.69. The van der Waals surface area contributed by atoms with Crippen LogP contribution in [0.4, 0.5) is 0 Å². The first-order valence-corrected chi connectivity index (χ1v) is 6.23. The first kappa shape index (κ1) is 12.1. The number of hydrogen-bond acceptors (Lipinski definition) is 5. The van der Waals surface area contributed by atoms with Crippen molar-refractivity contribution in [3.63, 3.8) is 0 Å². The van der Waals surface area contributed by atoms with Crippen LogP contribution in [0.1, 0.15) is 6.92 Å². The Kier molecular flexibility index (Phi) is 2.86. The van der Waals surface area contributed by atoms with Gasteiger partial charge in [-0.15, -0.1) is 0 Å². The molecule has 1 aliphatic rings. The summed E-state index contributed by atoms with van der Waals surface area (Å²) in [6.45, 7) is 1.29. The number of rotatable bonds is 2. The van der Waals surface area contributed by atoms with E-state index in [0.717, 1.165) is 6.26 Å². The summed E-state index contributed by atoms with van der Waals surface area (Å²) in [6, 6.07) is -0.694. The third-order valence-corrected chi connectivity index (χ3v) is 3.55. The molecule has 2 atom stereocenters. The Balaban J connectivity index is 3.29. The van der Waals surface area contributed by atoms with Crippen LogP contribution in [0.3, 0.4) is 0 Å². The molecule has 6 heteroatoms. The zero-order valence-electron chi connectivity index (χ0n) is 8.60. The molecule has 0 bridgehead atoms. The molecular weight excluding hydrogens is 216 g/mol. The summed E-state index contributed by atoms with van der Waals surface area (Å²) in [6.07, 6.45) is 5.07. The van der Waals surface area contributed by atoms with Gasteiger partial charge in [0.2, 0.25) is 0 Å². The van der Waals surface area contributed by atoms with Crippen LogP contribution in [0.5, 0.6) is 0 Å². The molecule has 0 amide bonds. The van der Waals surface area contributed by atoms with E-state index in [1.165, 1.54) is 25.2 Å². The van der Waals surface area contributed by atoms with E-state index in [0.29, 0.717) is 0 Å². The van der Waals surface area contributed by atoms with Crippen LogP contribution in [-0.2, 0) is 14.6 Å². The predicted octanol–water partition coefficient (Wildman–Crippen LogP) is -0.901. The van der Waals surface area contributed by atoms with Crippen molar-refractivity contribution in [2.45, 2.75) is 18.5 Å². The summed E-state index contributed by atoms with van der Waals surface area (Å²) in [5.41, 5.74) is 9.99. The average molecular weight is 230 g/mol. The molecule has 4 N–H and O–H groups in total. The molecule has 0 heterocycles. The molecule has 0 aromatic heterocycles. The Morgan fingerprint density at radius 1 is 1.53 bits per heavy atom. The molecule has 0 saturated heterocycles. The first-order chi connectivity index (χ1) is 6.68. The van der Waals surface area contributed by atoms with Crippen molar-refractivity contribution in [1.82, 2.24) is 0 Å². The number of hydrogen-bond donors (Lipinski definition) is 2. The lowest BCUT2D eigenvalue weighted by atomic mass is 9.84. The van der Waals surface area contributed by atoms with E-state index >= 15 is 0 Å². The molecule has 1 aliphatic carbocycles. The minimum absolute atomic E-state index is 0.0295. The Morgan fingerprint density at radius 2 is 2.07 bits per heavy atom. The molecule has 0 aliphatic heterocycles. The fourth-order valence-electron chi connectivity index (χ4n) is 1.30. The van der Waals surface area contributed by atoms with Crippen LogP contribution in [0.15, 0.2) is 23.1 Å². The molecule has 0 fully saturated rings. The highest BCUT2D eigenvalue weighted by atomic mass is 32.2. The Hall–Kier alpha value is -0.980. The normalized spacial score (nSPS) is 31.2. The van der Waals surface area contributed by atoms with Gasteiger partial charge >= 0.3 is 0 Å². The van der Waals surface area contributed by atoms with Crippen LogP contribution < -0.4 is 11.5 Å². The topological polar surface area (TPSA) is 103 Å². The molecule has 0 spiro atoms. The molecule has 0 saturated carbocycles. The lowest BCUT2D eigenvalue weighted by Gasteiger charge is -2.30. The van der Waals surface area contributed by atoms with E-state index in [2.05, 4.69) is 0 Å². The van der Waals surface area contributed by atoms with E-state index in [4.69, 9.17) is 11.5 Å². The highest BCUT2D eigenvalue weighted by Gasteiger charge is 2.37. The quantitative estimate of drug-likeness (QED) is 0.639. The van der Waals surface area contributed by atoms with Crippen LogP contribution in [-0.4, -0.2) is 32.0 Å². The lowest BCUT2D eigenvalue weighted by Crippen LogP contribution is -2.59. The number of Topliss-reactive ketones (excluding diaryl/α,β-unsaturated/α-hetero) is 1. The minimum atomic E-state index is -3.37. The molecular formula is C9H14N2O3S. The van der Waals surface area contributed by atoms with Crippen LogP contribution in [0, 0.1) is 0 Å². The van der Waals surface area contributed by atoms with Crippen molar-refractivity contribution in [3.05, 3.63) is 23.1 Å². The Morgan fingerprint density at radius 3 is 2.47 bits per heavy atom. The summed E-state index contributed by atoms with van der Waals surface area (Å²) in [7, 11) is -3.37. The molecule has 5 nitrogen and oxygen atoms in total. The second-order valence-corrected chi connectivity index (χ2v) is 5.71. The van der Waals surface area contributed by atoms with Gasteiger partial charge in [0.1, 0.15) is 5.54 Å². The van der Waals surface area contributed by atoms with E-state index in [1.807, 2.05) is 0 Å². The van der Waals surface area contributed by atoms with E-state index in [1.54, 1.807) is 0 Å². The summed E-state index contributed by atoms with van der Waals surface area (Å²) in [5, 5.41) is 0. The summed E-state index contributed by atoms with van der Waals surface area (Å²) >= 11 is 0. The van der Waals surface area contributed by atoms with Crippen molar-refractivity contribution in [2.24, 2.45) is 11.5 Å². The smallest absolute Gasteiger partial charge is 0.175 e. The molecule has 0 aromatic carbocycles. The fourth-order valence-corrected chi connectivity index (χ4v) is 2.04. The van der Waals surface area contributed by atoms with Gasteiger partial charge in [0.25, 0.3) is 0 Å². The molecule has 2 unspecified atom stereocenters. The summed E-state index contributed by atoms with van der Waals surface area (Å²) in [5.74, 6) is -0.361. The van der Waals surface area contributed by atoms with E-state index in [-0.39, 0.29) is 10.7 Å². The van der Waals surface area contributed by atoms with Gasteiger partial charge < -0.3 is 11.5 Å². The van der Waals surface area contributed by atoms with Gasteiger partial charge in [-0.3, -0.25) is 4.79 Å². The van der Waals surface area contributed by atoms with Gasteiger partial charge in [-0.1, -0.05) is 6.08 Å². The second kappa shape index (κ2) is 3.55. The number of ketones is 1. The van der Waals surface area contributed by atoms with Gasteiger partial charge in [-0.2, -0.15) is 0 Å². The zero-order chi connectivity index (χ0) is 11.9. The fraction of sp³-hybridized carbons (Fsp3) is 0.444. The number of carbonyl (C=O) groups is 1. The van der Waals surface area contributed by atoms with Crippen LogP contribution in [0.2, 0.25) is 0 Å². The SMILES string of the molecule is CC(=O)C1(N)C=C(S(C)(=O)=O)C=CC1N. The maximum absolute atomic E-state index is 11.3. The molecule has 0 aromatic rings. The third kappa shape index (κ3) is 2.17. The largest absolute Gasteiger partial charge is 0.322 e. The number of allylic oxidation sites excluding steroid dienone is 1. The maximum Gasteiger partial charge on any atom is 0.175 e. The van der Waals surface area contributed by atoms with Gasteiger partial charge in [0, 0.05) is 6.26 Å². The van der Waals surface area contributed by atoms with E-state index in [9.17, 15) is 13.2 Å². The predicted molar refractivity (Wildman–Crippen MR) is 57.6 cm³/mol. The van der Waals surface area contributed by atoms with Gasteiger partial charge in [-0.25, -0.2) is 8.42 Å². The van der Waals surface area contributed by atoms with E-state index < -0.39 is 21.4 Å². The lowest BCUT2D eigenvalue weighted by molar-refractivity contribution is -0.120. The highest BCUT2D eigenvalue weighted by Crippen LogP contribution is 2.22. The van der Waals surface area contributed by atoms with Crippen molar-refractivity contribution < 1.29 is 13.2 Å². The number of carbonyl (C=O) groups excluding carboxylic acids is 1. The third-order valence-electron chi connectivity index (χ3n) is 2.44. The van der Waals surface area contributed by atoms with Crippen molar-refractivity contribution in [2.75, 3.05) is 6.26 Å². The monoisotopic (exact) mass is 230 g/mol. The average Bonchev–Trinajstić information content (AvgIpc) is 2.07. The Labute approximate surface area is 88.7 Å². The highest BCUT2D eigenvalue weighted by molar-refractivity contribution is 7.94. The van der Waals surface area contributed by atoms with Crippen molar-refractivity contribution >= 4 is 15.6 Å². The minimum Gasteiger partial charge on any atom is -0.322 e. The van der Waals surface area contributed by atoms with Gasteiger partial charge in [-0.05, 0) is 19.1 Å². The Bertz CT molecular complexity index is 450. The zero-order valence-corrected chi connectivity index (χ0v) is 9.41. The molecule has 1 rings (SSSR count). The molecule has 0 radical (unpaired) electrons. The number of nitrogens with two attached hydrogens (primary N) is 2. The van der Waals surface area contributed by atoms with Gasteiger partial charge in [0.05, 0.1) is 10.9 Å². The summed E-state index contributed by atoms with van der Waals surface area (Å²) < 4.78 is 22.6. The standard InChI is InChI=1S/C9H14N2O3S/c1-6(12)9(11)5-7(15(2,13)14)3-4-8(9)10/h3-5,8H,10-11H2,1-2H3. The van der Waals surface area contributed by atoms with Crippen molar-refractivity contribution in [1.29, 1.82) is 0 Å². The van der Waals surface area contributed by atoms with Crippen LogP contribution >= 0.6 is 0 Å². The number of sulfone groups is 1. The van der Waals surface area contributed by atoms with Gasteiger partial charge in [0.15, 0.2) is 15.6 Å². The summed E-state index contributed by atoms with van der Waals surface area (Å²) in [4.78, 5) is 11.4. The first-order valence-electron chi connectivity index (χ1n) is 4.34. The van der Waals surface area contributed by atoms with Crippen molar-refractivity contribution in [3.8, 4) is 0 Å².